The molecule has 0 spiro atoms. The van der Waals surface area contributed by atoms with E-state index in [0.29, 0.717) is 0 Å². The number of aliphatic hydroxyl groups excluding tert-OH is 3. The molecule has 168 valence electrons. The van der Waals surface area contributed by atoms with Crippen LogP contribution >= 0.6 is 7.60 Å². The Morgan fingerprint density at radius 1 is 1.43 bits per heavy atom. The number of ether oxygens (including phenoxy) is 1. The monoisotopic (exact) mass is 446 g/mol. The number of hydrogen-bond donors (Lipinski definition) is 6. The highest BCUT2D eigenvalue weighted by Crippen LogP contribution is 2.52. The van der Waals surface area contributed by atoms with Crippen LogP contribution in [0.25, 0.3) is 11.0 Å². The Bertz CT molecular complexity index is 1020. The van der Waals surface area contributed by atoms with Crippen LogP contribution in [0.5, 0.6) is 0 Å². The Morgan fingerprint density at radius 3 is 2.73 bits per heavy atom. The van der Waals surface area contributed by atoms with Crippen molar-refractivity contribution in [3.63, 3.8) is 0 Å². The van der Waals surface area contributed by atoms with Gasteiger partial charge in [-0.2, -0.15) is 4.98 Å². The molecule has 3 heterocycles. The quantitative estimate of drug-likeness (QED) is 0.316. The maximum atomic E-state index is 12.2. The van der Waals surface area contributed by atoms with Crippen LogP contribution in [0, 0.1) is 0 Å². The second-order valence-electron chi connectivity index (χ2n) is 7.97. The minimum Gasteiger partial charge on any atom is -0.388 e. The van der Waals surface area contributed by atoms with Crippen LogP contribution in [0.1, 0.15) is 39.8 Å². The van der Waals surface area contributed by atoms with Crippen molar-refractivity contribution < 1.29 is 34.0 Å². The van der Waals surface area contributed by atoms with Gasteiger partial charge in [0.2, 0.25) is 5.95 Å². The zero-order chi connectivity index (χ0) is 22.4. The van der Waals surface area contributed by atoms with E-state index in [4.69, 9.17) is 15.0 Å². The second-order valence-corrected chi connectivity index (χ2v) is 9.87. The number of aromatic nitrogens is 3. The highest BCUT2D eigenvalue weighted by molar-refractivity contribution is 7.53. The number of aliphatic hydroxyl groups is 3. The number of aromatic amines is 1. The molecule has 0 aliphatic carbocycles. The molecule has 2 unspecified atom stereocenters. The van der Waals surface area contributed by atoms with Crippen LogP contribution in [0.4, 0.5) is 5.95 Å². The van der Waals surface area contributed by atoms with Crippen LogP contribution in [-0.2, 0) is 13.8 Å². The molecular formula is C17H27N4O8P. The molecule has 2 aromatic rings. The molecule has 2 aromatic heterocycles. The lowest BCUT2D eigenvalue weighted by atomic mass is 9.97. The summed E-state index contributed by atoms with van der Waals surface area (Å²) in [6.45, 7) is 4.57. The lowest BCUT2D eigenvalue weighted by molar-refractivity contribution is -0.0615. The van der Waals surface area contributed by atoms with Crippen LogP contribution in [-0.4, -0.2) is 64.5 Å². The zero-order valence-corrected chi connectivity index (χ0v) is 17.7. The predicted octanol–water partition coefficient (Wildman–Crippen LogP) is 0.0251. The Balaban J connectivity index is 1.82. The van der Waals surface area contributed by atoms with E-state index in [1.165, 1.54) is 30.7 Å². The molecule has 7 N–H and O–H groups in total. The van der Waals surface area contributed by atoms with Crippen molar-refractivity contribution >= 4 is 24.6 Å². The SMILES string of the molecule is CCC(O)P(=O)(O)OC(C)(C)C[C@H]1O[C@@H](n2ccc3c(=O)[nH]c(N)nc32)[C@H](O)[C@@H]1O. The van der Waals surface area contributed by atoms with Gasteiger partial charge in [-0.15, -0.1) is 0 Å². The first-order valence-corrected chi connectivity index (χ1v) is 11.1. The smallest absolute Gasteiger partial charge is 0.356 e. The van der Waals surface area contributed by atoms with Crippen LogP contribution in [0.3, 0.4) is 0 Å². The minimum absolute atomic E-state index is 0.0309. The molecule has 1 aliphatic rings. The van der Waals surface area contributed by atoms with E-state index in [-0.39, 0.29) is 29.8 Å². The number of nitrogens with zero attached hydrogens (tertiary/aromatic N) is 2. The number of nitrogens with two attached hydrogens (primary N) is 1. The van der Waals surface area contributed by atoms with E-state index in [9.17, 15) is 29.6 Å². The van der Waals surface area contributed by atoms with E-state index in [0.717, 1.165) is 0 Å². The summed E-state index contributed by atoms with van der Waals surface area (Å²) in [6.07, 6.45) is -3.29. The van der Waals surface area contributed by atoms with E-state index in [1.807, 2.05) is 0 Å². The molecule has 0 amide bonds. The standard InChI is InChI=1S/C17H27N4O8P/c1-4-10(22)30(26,27)29-17(2,3)7-9-11(23)12(24)15(28-9)21-6-5-8-13(21)19-16(18)20-14(8)25/h5-6,9-12,15,22-24H,4,7H2,1-3H3,(H,26,27)(H3,18,19,20,25)/t9-,10?,11-,12-,15-/m1/s1. The number of nitrogens with one attached hydrogen (secondary N) is 1. The van der Waals surface area contributed by atoms with Gasteiger partial charge in [0.1, 0.15) is 12.2 Å². The number of fused-ring (bicyclic) bond motifs is 1. The van der Waals surface area contributed by atoms with Crippen LogP contribution < -0.4 is 11.3 Å². The molecule has 0 saturated carbocycles. The maximum absolute atomic E-state index is 12.2. The molecule has 6 atom stereocenters. The van der Waals surface area contributed by atoms with E-state index in [2.05, 4.69) is 9.97 Å². The van der Waals surface area contributed by atoms with Crippen molar-refractivity contribution in [2.24, 2.45) is 0 Å². The summed E-state index contributed by atoms with van der Waals surface area (Å²) in [5, 5.41) is 31.0. The van der Waals surface area contributed by atoms with Crippen molar-refractivity contribution in [3.05, 3.63) is 22.6 Å². The number of anilines is 1. The minimum atomic E-state index is -4.32. The number of hydrogen-bond acceptors (Lipinski definition) is 9. The first-order valence-electron chi connectivity index (χ1n) is 9.45. The van der Waals surface area contributed by atoms with Crippen LogP contribution in [0.15, 0.2) is 17.1 Å². The molecule has 0 bridgehead atoms. The van der Waals surface area contributed by atoms with Crippen LogP contribution in [0.2, 0.25) is 0 Å². The summed E-state index contributed by atoms with van der Waals surface area (Å²) < 4.78 is 24.7. The second kappa shape index (κ2) is 8.04. The van der Waals surface area contributed by atoms with Gasteiger partial charge in [0, 0.05) is 12.6 Å². The van der Waals surface area contributed by atoms with Gasteiger partial charge in [-0.25, -0.2) is 0 Å². The van der Waals surface area contributed by atoms with E-state index >= 15 is 0 Å². The summed E-state index contributed by atoms with van der Waals surface area (Å²) in [5.41, 5.74) is 4.05. The average Bonchev–Trinajstić information content (AvgIpc) is 3.16. The van der Waals surface area contributed by atoms with Gasteiger partial charge < -0.3 is 39.8 Å². The van der Waals surface area contributed by atoms with Gasteiger partial charge in [-0.1, -0.05) is 6.92 Å². The predicted molar refractivity (Wildman–Crippen MR) is 107 cm³/mol. The Morgan fingerprint density at radius 2 is 2.10 bits per heavy atom. The molecule has 1 aliphatic heterocycles. The zero-order valence-electron chi connectivity index (χ0n) is 16.8. The third kappa shape index (κ3) is 4.30. The summed E-state index contributed by atoms with van der Waals surface area (Å²) in [7, 11) is -4.32. The fraction of sp³-hybridized carbons (Fsp3) is 0.647. The average molecular weight is 446 g/mol. The Hall–Kier alpha value is -1.79. The lowest BCUT2D eigenvalue weighted by Crippen LogP contribution is -2.37. The molecular weight excluding hydrogens is 419 g/mol. The lowest BCUT2D eigenvalue weighted by Gasteiger charge is -2.32. The maximum Gasteiger partial charge on any atom is 0.356 e. The Kier molecular flexibility index (Phi) is 6.14. The summed E-state index contributed by atoms with van der Waals surface area (Å²) in [4.78, 5) is 28.4. The van der Waals surface area contributed by atoms with Crippen molar-refractivity contribution in [1.29, 1.82) is 0 Å². The van der Waals surface area contributed by atoms with Crippen molar-refractivity contribution in [2.75, 3.05) is 5.73 Å². The summed E-state index contributed by atoms with van der Waals surface area (Å²) in [5.74, 6) is -1.65. The largest absolute Gasteiger partial charge is 0.388 e. The summed E-state index contributed by atoms with van der Waals surface area (Å²) in [6, 6.07) is 1.48. The van der Waals surface area contributed by atoms with Gasteiger partial charge in [0.15, 0.2) is 17.7 Å². The topological polar surface area (TPSA) is 193 Å². The van der Waals surface area contributed by atoms with Gasteiger partial charge in [0.25, 0.3) is 5.56 Å². The van der Waals surface area contributed by atoms with Gasteiger partial charge in [0.05, 0.1) is 17.1 Å². The first-order chi connectivity index (χ1) is 13.9. The molecule has 1 fully saturated rings. The van der Waals surface area contributed by atoms with E-state index < -0.39 is 49.1 Å². The highest BCUT2D eigenvalue weighted by atomic mass is 31.2. The van der Waals surface area contributed by atoms with Gasteiger partial charge in [-0.3, -0.25) is 14.3 Å². The fourth-order valence-electron chi connectivity index (χ4n) is 3.56. The first kappa shape index (κ1) is 22.9. The van der Waals surface area contributed by atoms with Gasteiger partial charge in [-0.05, 0) is 26.3 Å². The van der Waals surface area contributed by atoms with Crippen molar-refractivity contribution in [3.8, 4) is 0 Å². The third-order valence-corrected chi connectivity index (χ3v) is 6.90. The molecule has 30 heavy (non-hydrogen) atoms. The molecule has 0 radical (unpaired) electrons. The molecule has 1 saturated heterocycles. The van der Waals surface area contributed by atoms with E-state index in [1.54, 1.807) is 6.92 Å². The van der Waals surface area contributed by atoms with Crippen molar-refractivity contribution in [2.45, 2.75) is 69.6 Å². The number of nitrogen functional groups attached to an aromatic ring is 1. The molecule has 12 nitrogen and oxygen atoms in total. The Labute approximate surface area is 171 Å². The highest BCUT2D eigenvalue weighted by Gasteiger charge is 2.47. The van der Waals surface area contributed by atoms with Crippen molar-refractivity contribution in [1.82, 2.24) is 14.5 Å². The third-order valence-electron chi connectivity index (χ3n) is 5.02. The normalized spacial score (nSPS) is 28.0. The number of rotatable bonds is 7. The number of H-pyrrole nitrogens is 1. The molecule has 0 aromatic carbocycles. The molecule has 13 heteroatoms. The fourth-order valence-corrected chi connectivity index (χ4v) is 4.93. The summed E-state index contributed by atoms with van der Waals surface area (Å²) >= 11 is 0. The molecule has 3 rings (SSSR count). The van der Waals surface area contributed by atoms with Gasteiger partial charge >= 0.3 is 7.60 Å².